The third-order valence-corrected chi connectivity index (χ3v) is 3.70. The van der Waals surface area contributed by atoms with Gasteiger partial charge in [-0.15, -0.1) is 9.24 Å². The minimum atomic E-state index is -0.493. The number of allylic oxidation sites excluding steroid dienone is 1. The zero-order valence-electron chi connectivity index (χ0n) is 15.5. The van der Waals surface area contributed by atoms with Crippen LogP contribution >= 0.6 is 9.24 Å². The molecular weight excluding hydrogens is 366 g/mol. The molecule has 0 spiro atoms. The zero-order chi connectivity index (χ0) is 20.6. The lowest BCUT2D eigenvalue weighted by molar-refractivity contribution is -0.130. The van der Waals surface area contributed by atoms with Crippen molar-refractivity contribution in [1.82, 2.24) is 0 Å². The molecule has 142 valence electrons. The number of halogens is 1. The molecule has 6 heteroatoms. The topological polar surface area (TPSA) is 52.6 Å². The number of benzene rings is 2. The number of carbonyl (C=O) groups excluding carboxylic acids is 2. The van der Waals surface area contributed by atoms with E-state index in [1.165, 1.54) is 13.2 Å². The van der Waals surface area contributed by atoms with E-state index in [9.17, 15) is 14.0 Å². The van der Waals surface area contributed by atoms with Crippen molar-refractivity contribution in [2.45, 2.75) is 13.8 Å². The van der Waals surface area contributed by atoms with Gasteiger partial charge in [-0.05, 0) is 49.2 Å². The molecule has 27 heavy (non-hydrogen) atoms. The standard InChI is InChI=1S/C17H16FO3P.C4H6O/c1-10(2)17(19)21-15-7-4-11(8-16(15)22)13-6-5-12(20-3)9-14(13)18;1-4(2)3-5/h4-9H,1,22H2,2-3H3;3H,1H2,2H3. The van der Waals surface area contributed by atoms with Gasteiger partial charge in [-0.1, -0.05) is 19.2 Å². The fraction of sp³-hybridized carbons (Fsp3) is 0.143. The monoisotopic (exact) mass is 388 g/mol. The Labute approximate surface area is 160 Å². The van der Waals surface area contributed by atoms with Gasteiger partial charge in [0.2, 0.25) is 0 Å². The molecule has 2 aromatic carbocycles. The Morgan fingerprint density at radius 3 is 2.22 bits per heavy atom. The van der Waals surface area contributed by atoms with Crippen molar-refractivity contribution in [1.29, 1.82) is 0 Å². The van der Waals surface area contributed by atoms with Gasteiger partial charge in [0.05, 0.1) is 7.11 Å². The van der Waals surface area contributed by atoms with Crippen molar-refractivity contribution in [3.05, 3.63) is 66.5 Å². The third kappa shape index (κ3) is 6.80. The summed E-state index contributed by atoms with van der Waals surface area (Å²) in [5.41, 5.74) is 2.02. The summed E-state index contributed by atoms with van der Waals surface area (Å²) in [6.45, 7) is 10.1. The summed E-state index contributed by atoms with van der Waals surface area (Å²) in [6, 6.07) is 9.72. The van der Waals surface area contributed by atoms with Crippen LogP contribution in [0.2, 0.25) is 0 Å². The Morgan fingerprint density at radius 2 is 1.78 bits per heavy atom. The molecule has 0 N–H and O–H groups in total. The molecule has 0 saturated carbocycles. The highest BCUT2D eigenvalue weighted by molar-refractivity contribution is 7.27. The van der Waals surface area contributed by atoms with Crippen LogP contribution in [0, 0.1) is 5.82 Å². The number of hydrogen-bond acceptors (Lipinski definition) is 4. The van der Waals surface area contributed by atoms with Gasteiger partial charge in [0, 0.05) is 22.5 Å². The highest BCUT2D eigenvalue weighted by Gasteiger charge is 2.11. The molecule has 1 atom stereocenters. The Balaban J connectivity index is 0.000000646. The van der Waals surface area contributed by atoms with Crippen LogP contribution in [0.1, 0.15) is 13.8 Å². The van der Waals surface area contributed by atoms with Crippen LogP contribution < -0.4 is 14.8 Å². The summed E-state index contributed by atoms with van der Waals surface area (Å²) in [4.78, 5) is 20.9. The fourth-order valence-corrected chi connectivity index (χ4v) is 2.19. The highest BCUT2D eigenvalue weighted by Crippen LogP contribution is 2.27. The first-order chi connectivity index (χ1) is 12.7. The molecule has 0 amide bonds. The van der Waals surface area contributed by atoms with Gasteiger partial charge < -0.3 is 9.47 Å². The maximum Gasteiger partial charge on any atom is 0.338 e. The molecule has 0 aromatic heterocycles. The number of hydrogen-bond donors (Lipinski definition) is 0. The normalized spacial score (nSPS) is 9.52. The largest absolute Gasteiger partial charge is 0.497 e. The average molecular weight is 388 g/mol. The summed E-state index contributed by atoms with van der Waals surface area (Å²) >= 11 is 0. The number of carbonyl (C=O) groups is 2. The Morgan fingerprint density at radius 1 is 1.15 bits per heavy atom. The molecule has 0 heterocycles. The van der Waals surface area contributed by atoms with Crippen LogP contribution in [0.25, 0.3) is 11.1 Å². The molecule has 0 aliphatic heterocycles. The van der Waals surface area contributed by atoms with E-state index in [0.717, 1.165) is 6.29 Å². The van der Waals surface area contributed by atoms with E-state index in [1.54, 1.807) is 44.2 Å². The lowest BCUT2D eigenvalue weighted by Gasteiger charge is -2.10. The Kier molecular flexibility index (Phi) is 8.57. The highest BCUT2D eigenvalue weighted by atomic mass is 31.0. The summed E-state index contributed by atoms with van der Waals surface area (Å²) < 4.78 is 24.3. The first-order valence-corrected chi connectivity index (χ1v) is 8.49. The van der Waals surface area contributed by atoms with Gasteiger partial charge in [-0.2, -0.15) is 0 Å². The Bertz CT molecular complexity index is 874. The second-order valence-corrected chi connectivity index (χ2v) is 6.35. The first kappa shape index (κ1) is 22.3. The van der Waals surface area contributed by atoms with E-state index >= 15 is 0 Å². The molecule has 0 aliphatic rings. The molecule has 2 aromatic rings. The zero-order valence-corrected chi connectivity index (χ0v) is 16.7. The van der Waals surface area contributed by atoms with Crippen LogP contribution in [0.4, 0.5) is 4.39 Å². The van der Waals surface area contributed by atoms with Gasteiger partial charge in [-0.25, -0.2) is 9.18 Å². The molecule has 0 aliphatic carbocycles. The lowest BCUT2D eigenvalue weighted by atomic mass is 10.0. The summed E-state index contributed by atoms with van der Waals surface area (Å²) in [7, 11) is 3.96. The number of rotatable bonds is 5. The SMILES string of the molecule is C=C(C)C(=O)Oc1ccc(-c2ccc(OC)cc2F)cc1P.C=C(C)C=O. The first-order valence-electron chi connectivity index (χ1n) is 7.91. The van der Waals surface area contributed by atoms with E-state index in [2.05, 4.69) is 22.4 Å². The lowest BCUT2D eigenvalue weighted by Crippen LogP contribution is -2.12. The molecule has 2 rings (SSSR count). The second kappa shape index (κ2) is 10.4. The molecule has 0 fully saturated rings. The molecule has 4 nitrogen and oxygen atoms in total. The molecule has 0 saturated heterocycles. The van der Waals surface area contributed by atoms with Gasteiger partial charge in [0.1, 0.15) is 23.6 Å². The van der Waals surface area contributed by atoms with Crippen LogP contribution in [0.15, 0.2) is 60.7 Å². The maximum atomic E-state index is 14.1. The van der Waals surface area contributed by atoms with Crippen molar-refractivity contribution < 1.29 is 23.5 Å². The average Bonchev–Trinajstić information content (AvgIpc) is 2.63. The van der Waals surface area contributed by atoms with Crippen molar-refractivity contribution in [3.63, 3.8) is 0 Å². The molecule has 0 bridgehead atoms. The van der Waals surface area contributed by atoms with Gasteiger partial charge >= 0.3 is 5.97 Å². The number of aldehydes is 1. The van der Waals surface area contributed by atoms with Gasteiger partial charge in [-0.3, -0.25) is 4.79 Å². The van der Waals surface area contributed by atoms with Crippen molar-refractivity contribution in [3.8, 4) is 22.6 Å². The van der Waals surface area contributed by atoms with Gasteiger partial charge in [0.15, 0.2) is 0 Å². The van der Waals surface area contributed by atoms with Crippen LogP contribution in [-0.4, -0.2) is 19.4 Å². The Hall–Kier alpha value is -2.78. The second-order valence-electron chi connectivity index (χ2n) is 5.73. The predicted molar refractivity (Wildman–Crippen MR) is 109 cm³/mol. The van der Waals surface area contributed by atoms with E-state index in [4.69, 9.17) is 9.47 Å². The van der Waals surface area contributed by atoms with Gasteiger partial charge in [0.25, 0.3) is 0 Å². The predicted octanol–water partition coefficient (Wildman–Crippen LogP) is 4.24. The number of methoxy groups -OCH3 is 1. The van der Waals surface area contributed by atoms with Crippen molar-refractivity contribution in [2.24, 2.45) is 0 Å². The van der Waals surface area contributed by atoms with E-state index in [-0.39, 0.29) is 5.82 Å². The smallest absolute Gasteiger partial charge is 0.338 e. The molecule has 0 radical (unpaired) electrons. The summed E-state index contributed by atoms with van der Waals surface area (Å²) in [5, 5.41) is 0.655. The number of ether oxygens (including phenoxy) is 2. The van der Waals surface area contributed by atoms with E-state index in [0.29, 0.717) is 39.1 Å². The molecule has 1 unspecified atom stereocenters. The number of esters is 1. The quantitative estimate of drug-likeness (QED) is 0.253. The van der Waals surface area contributed by atoms with E-state index in [1.807, 2.05) is 0 Å². The van der Waals surface area contributed by atoms with E-state index < -0.39 is 5.97 Å². The minimum Gasteiger partial charge on any atom is -0.497 e. The molecular formula is C21H22FO4P. The maximum absolute atomic E-state index is 14.1. The third-order valence-electron chi connectivity index (χ3n) is 3.25. The van der Waals surface area contributed by atoms with Crippen LogP contribution in [-0.2, 0) is 9.59 Å². The van der Waals surface area contributed by atoms with Crippen LogP contribution in [0.5, 0.6) is 11.5 Å². The van der Waals surface area contributed by atoms with Crippen molar-refractivity contribution >= 4 is 26.8 Å². The summed E-state index contributed by atoms with van der Waals surface area (Å²) in [6.07, 6.45) is 0.722. The summed E-state index contributed by atoms with van der Waals surface area (Å²) in [5.74, 6) is -0.0162. The minimum absolute atomic E-state index is 0.315. The fourth-order valence-electron chi connectivity index (χ4n) is 1.85. The van der Waals surface area contributed by atoms with Crippen molar-refractivity contribution in [2.75, 3.05) is 7.11 Å². The van der Waals surface area contributed by atoms with Crippen LogP contribution in [0.3, 0.4) is 0 Å².